The minimum absolute atomic E-state index is 0.0921. The van der Waals surface area contributed by atoms with Crippen LogP contribution in [-0.2, 0) is 9.63 Å². The lowest BCUT2D eigenvalue weighted by Crippen LogP contribution is -2.25. The minimum Gasteiger partial charge on any atom is -0.511 e. The number of carbonyl (C=O) groups is 1. The van der Waals surface area contributed by atoms with Gasteiger partial charge < -0.3 is 9.94 Å². The van der Waals surface area contributed by atoms with Crippen LogP contribution in [0.25, 0.3) is 0 Å². The molecule has 1 atom stereocenters. The summed E-state index contributed by atoms with van der Waals surface area (Å²) in [5, 5.41) is 15.5. The first-order chi connectivity index (χ1) is 12.7. The molecule has 1 aliphatic rings. The van der Waals surface area contributed by atoms with Gasteiger partial charge in [-0.05, 0) is 74.8 Å². The summed E-state index contributed by atoms with van der Waals surface area (Å²) in [5.41, 5.74) is 6.37. The average Bonchev–Trinajstić information content (AvgIpc) is 2.62. The summed E-state index contributed by atoms with van der Waals surface area (Å²) in [6.45, 7) is 12.5. The van der Waals surface area contributed by atoms with Crippen molar-refractivity contribution in [3.8, 4) is 0 Å². The van der Waals surface area contributed by atoms with E-state index < -0.39 is 0 Å². The molecule has 1 unspecified atom stereocenters. The Hall–Kier alpha value is -1.81. The molecule has 1 N–H and O–H groups in total. The number of aliphatic hydroxyl groups excluding tert-OH is 1. The van der Waals surface area contributed by atoms with Gasteiger partial charge in [0.15, 0.2) is 5.78 Å². The van der Waals surface area contributed by atoms with Gasteiger partial charge >= 0.3 is 0 Å². The number of Topliss-reactive ketones (excluding diaryl/α,β-unsaturated/α-hetero) is 1. The number of aliphatic hydroxyl groups is 1. The van der Waals surface area contributed by atoms with Crippen molar-refractivity contribution in [1.82, 2.24) is 0 Å². The molecular weight excluding hydrogens is 362 g/mol. The zero-order valence-electron chi connectivity index (χ0n) is 17.2. The van der Waals surface area contributed by atoms with Gasteiger partial charge in [0.05, 0.1) is 11.3 Å². The highest BCUT2D eigenvalue weighted by Gasteiger charge is 2.33. The molecule has 0 aromatic heterocycles. The molecule has 0 saturated carbocycles. The molecule has 0 amide bonds. The molecular formula is C22H30ClNO3. The Morgan fingerprint density at radius 3 is 2.30 bits per heavy atom. The number of nitrogens with zero attached hydrogens (tertiary/aromatic N) is 1. The van der Waals surface area contributed by atoms with E-state index in [1.54, 1.807) is 0 Å². The van der Waals surface area contributed by atoms with E-state index in [2.05, 4.69) is 19.0 Å². The minimum atomic E-state index is -0.123. The predicted octanol–water partition coefficient (Wildman–Crippen LogP) is 6.02. The molecule has 0 bridgehead atoms. The van der Waals surface area contributed by atoms with Gasteiger partial charge in [0, 0.05) is 17.9 Å². The zero-order chi connectivity index (χ0) is 20.3. The molecule has 5 heteroatoms. The van der Waals surface area contributed by atoms with Crippen LogP contribution in [0, 0.1) is 27.7 Å². The number of carbonyl (C=O) groups excluding carboxylic acids is 1. The van der Waals surface area contributed by atoms with Gasteiger partial charge in [-0.1, -0.05) is 30.1 Å². The molecule has 0 heterocycles. The van der Waals surface area contributed by atoms with Crippen molar-refractivity contribution in [2.24, 2.45) is 5.16 Å². The Balaban J connectivity index is 2.48. The summed E-state index contributed by atoms with van der Waals surface area (Å²) in [7, 11) is 0. The van der Waals surface area contributed by atoms with Crippen LogP contribution in [0.4, 0.5) is 0 Å². The molecule has 4 nitrogen and oxygen atoms in total. The lowest BCUT2D eigenvalue weighted by Gasteiger charge is -2.28. The topological polar surface area (TPSA) is 58.9 Å². The second-order valence-corrected chi connectivity index (χ2v) is 7.66. The second kappa shape index (κ2) is 8.92. The smallest absolute Gasteiger partial charge is 0.168 e. The van der Waals surface area contributed by atoms with Crippen molar-refractivity contribution in [3.63, 3.8) is 0 Å². The van der Waals surface area contributed by atoms with Gasteiger partial charge in [0.1, 0.15) is 12.4 Å². The average molecular weight is 392 g/mol. The summed E-state index contributed by atoms with van der Waals surface area (Å²) in [6, 6.07) is 0. The largest absolute Gasteiger partial charge is 0.511 e. The van der Waals surface area contributed by atoms with Crippen molar-refractivity contribution < 1.29 is 14.7 Å². The Bertz CT molecular complexity index is 779. The SMILES string of the molecule is CCCC(=NOCC)C1=C(O)CC(c2c(C)c(C)c(C)c(C)c2Cl)CC1=O. The third-order valence-electron chi connectivity index (χ3n) is 5.58. The fourth-order valence-corrected chi connectivity index (χ4v) is 4.24. The van der Waals surface area contributed by atoms with Crippen molar-refractivity contribution in [1.29, 1.82) is 0 Å². The number of halogens is 1. The number of allylic oxidation sites excluding steroid dienone is 2. The number of hydrogen-bond donors (Lipinski definition) is 1. The third kappa shape index (κ3) is 4.21. The predicted molar refractivity (Wildman–Crippen MR) is 111 cm³/mol. The second-order valence-electron chi connectivity index (χ2n) is 7.28. The molecule has 2 rings (SSSR count). The van der Waals surface area contributed by atoms with E-state index in [-0.39, 0.29) is 17.5 Å². The van der Waals surface area contributed by atoms with Crippen LogP contribution in [0.15, 0.2) is 16.5 Å². The number of ketones is 1. The first-order valence-electron chi connectivity index (χ1n) is 9.64. The molecule has 1 aliphatic carbocycles. The van der Waals surface area contributed by atoms with Crippen molar-refractivity contribution in [2.75, 3.05) is 6.61 Å². The van der Waals surface area contributed by atoms with Crippen LogP contribution in [0.5, 0.6) is 0 Å². The number of oxime groups is 1. The van der Waals surface area contributed by atoms with Gasteiger partial charge in [0.25, 0.3) is 0 Å². The Morgan fingerprint density at radius 2 is 1.74 bits per heavy atom. The first-order valence-corrected chi connectivity index (χ1v) is 10.0. The number of benzene rings is 1. The zero-order valence-corrected chi connectivity index (χ0v) is 18.0. The van der Waals surface area contributed by atoms with Crippen molar-refractivity contribution in [3.05, 3.63) is 44.2 Å². The summed E-state index contributed by atoms with van der Waals surface area (Å²) < 4.78 is 0. The molecule has 27 heavy (non-hydrogen) atoms. The Labute approximate surface area is 167 Å². The van der Waals surface area contributed by atoms with Gasteiger partial charge in [-0.2, -0.15) is 0 Å². The van der Waals surface area contributed by atoms with Gasteiger partial charge in [0.2, 0.25) is 0 Å². The highest BCUT2D eigenvalue weighted by Crippen LogP contribution is 2.42. The van der Waals surface area contributed by atoms with E-state index in [0.717, 1.165) is 23.1 Å². The first kappa shape index (κ1) is 21.5. The van der Waals surface area contributed by atoms with E-state index in [9.17, 15) is 9.90 Å². The molecule has 1 aromatic carbocycles. The van der Waals surface area contributed by atoms with Crippen LogP contribution in [0.2, 0.25) is 5.02 Å². The fraction of sp³-hybridized carbons (Fsp3) is 0.545. The molecule has 0 aliphatic heterocycles. The van der Waals surface area contributed by atoms with E-state index in [1.165, 1.54) is 11.1 Å². The number of hydrogen-bond acceptors (Lipinski definition) is 4. The van der Waals surface area contributed by atoms with Gasteiger partial charge in [-0.25, -0.2) is 0 Å². The summed E-state index contributed by atoms with van der Waals surface area (Å²) in [6.07, 6.45) is 2.12. The maximum absolute atomic E-state index is 12.9. The summed E-state index contributed by atoms with van der Waals surface area (Å²) >= 11 is 6.67. The maximum atomic E-state index is 12.9. The van der Waals surface area contributed by atoms with Crippen LogP contribution in [-0.4, -0.2) is 23.2 Å². The monoisotopic (exact) mass is 391 g/mol. The standard InChI is InChI=1S/C22H30ClNO3/c1-7-9-17(24-27-8-2)21-18(25)10-16(11-19(21)26)20-14(5)12(3)13(4)15(6)22(20)23/h16,25H,7-11H2,1-6H3. The fourth-order valence-electron chi connectivity index (χ4n) is 3.80. The highest BCUT2D eigenvalue weighted by atomic mass is 35.5. The summed E-state index contributed by atoms with van der Waals surface area (Å²) in [5.74, 6) is -0.127. The third-order valence-corrected chi connectivity index (χ3v) is 6.07. The molecule has 0 radical (unpaired) electrons. The van der Waals surface area contributed by atoms with E-state index >= 15 is 0 Å². The van der Waals surface area contributed by atoms with Crippen molar-refractivity contribution >= 4 is 23.1 Å². The van der Waals surface area contributed by atoms with Crippen LogP contribution < -0.4 is 0 Å². The van der Waals surface area contributed by atoms with Crippen LogP contribution in [0.3, 0.4) is 0 Å². The molecule has 1 aromatic rings. The normalized spacial score (nSPS) is 18.3. The lowest BCUT2D eigenvalue weighted by atomic mass is 9.77. The Morgan fingerprint density at radius 1 is 1.11 bits per heavy atom. The van der Waals surface area contributed by atoms with E-state index in [4.69, 9.17) is 16.4 Å². The van der Waals surface area contributed by atoms with Crippen LogP contribution in [0.1, 0.15) is 73.3 Å². The molecule has 0 spiro atoms. The van der Waals surface area contributed by atoms with Gasteiger partial charge in [-0.15, -0.1) is 0 Å². The van der Waals surface area contributed by atoms with Crippen LogP contribution >= 0.6 is 11.6 Å². The summed E-state index contributed by atoms with van der Waals surface area (Å²) in [4.78, 5) is 18.1. The molecule has 0 fully saturated rings. The lowest BCUT2D eigenvalue weighted by molar-refractivity contribution is -0.116. The van der Waals surface area contributed by atoms with E-state index in [0.29, 0.717) is 42.2 Å². The Kier molecular flexibility index (Phi) is 7.10. The highest BCUT2D eigenvalue weighted by molar-refractivity contribution is 6.32. The maximum Gasteiger partial charge on any atom is 0.168 e. The number of rotatable bonds is 6. The molecule has 148 valence electrons. The quantitative estimate of drug-likeness (QED) is 0.476. The molecule has 0 saturated heterocycles. The van der Waals surface area contributed by atoms with E-state index in [1.807, 2.05) is 27.7 Å². The van der Waals surface area contributed by atoms with Crippen molar-refractivity contribution in [2.45, 2.75) is 73.1 Å². The van der Waals surface area contributed by atoms with Gasteiger partial charge in [-0.3, -0.25) is 4.79 Å².